The third kappa shape index (κ3) is 6.50. The molecule has 0 aliphatic carbocycles. The summed E-state index contributed by atoms with van der Waals surface area (Å²) in [5.74, 6) is 0. The highest BCUT2D eigenvalue weighted by molar-refractivity contribution is 8.68. The van der Waals surface area contributed by atoms with Crippen LogP contribution in [0.2, 0.25) is 0 Å². The first-order chi connectivity index (χ1) is 9.33. The van der Waals surface area contributed by atoms with E-state index < -0.39 is 0 Å². The van der Waals surface area contributed by atoms with Crippen molar-refractivity contribution >= 4 is 77.7 Å². The third-order valence-corrected chi connectivity index (χ3v) is 11.1. The first-order valence-electron chi connectivity index (χ1n) is 5.17. The fourth-order valence-corrected chi connectivity index (χ4v) is 9.76. The van der Waals surface area contributed by atoms with Crippen molar-refractivity contribution in [2.45, 2.75) is 6.42 Å². The van der Waals surface area contributed by atoms with Gasteiger partial charge in [-0.15, -0.1) is 0 Å². The number of rotatable bonds is 2. The second-order valence-electron chi connectivity index (χ2n) is 3.24. The van der Waals surface area contributed by atoms with E-state index in [9.17, 15) is 0 Å². The number of nitrogens with two attached hydrogens (primary N) is 1. The van der Waals surface area contributed by atoms with Gasteiger partial charge in [0.05, 0.1) is 0 Å². The molecule has 0 amide bonds. The Bertz CT molecular complexity index is 701. The molecule has 2 nitrogen and oxygen atoms in total. The summed E-state index contributed by atoms with van der Waals surface area (Å²) in [6.45, 7) is 0.710. The van der Waals surface area contributed by atoms with Gasteiger partial charge in [0.2, 0.25) is 0 Å². The molecule has 0 unspecified atom stereocenters. The average Bonchev–Trinajstić information content (AvgIpc) is 2.84. The number of hydrogen-bond acceptors (Lipinski definition) is 3. The zero-order chi connectivity index (χ0) is 13.9. The van der Waals surface area contributed by atoms with Gasteiger partial charge in [-0.25, -0.2) is 0 Å². The number of aromatic nitrogens is 1. The minimum atomic E-state index is 0.710. The lowest BCUT2D eigenvalue weighted by atomic mass is 10.1. The predicted molar refractivity (Wildman–Crippen MR) is 103 cm³/mol. The fourth-order valence-electron chi connectivity index (χ4n) is 1.53. The van der Waals surface area contributed by atoms with Crippen LogP contribution in [-0.4, -0.2) is 11.5 Å². The van der Waals surface area contributed by atoms with Crippen LogP contribution in [0.1, 0.15) is 5.56 Å². The van der Waals surface area contributed by atoms with Gasteiger partial charge >= 0.3 is 0 Å². The Kier molecular flexibility index (Phi) is 10.0. The van der Waals surface area contributed by atoms with Gasteiger partial charge in [-0.3, -0.25) is 0 Å². The van der Waals surface area contributed by atoms with Gasteiger partial charge < -0.3 is 10.7 Å². The molecule has 0 saturated carbocycles. The summed E-state index contributed by atoms with van der Waals surface area (Å²) in [6.07, 6.45) is 2.99. The first-order valence-corrected chi connectivity index (χ1v) is 13.2. The van der Waals surface area contributed by atoms with E-state index >= 15 is 0 Å². The van der Waals surface area contributed by atoms with Crippen LogP contribution >= 0.6 is 0 Å². The maximum atomic E-state index is 5.50. The van der Waals surface area contributed by atoms with Crippen molar-refractivity contribution in [3.8, 4) is 0 Å². The first kappa shape index (κ1) is 17.3. The fraction of sp³-hybridized carbons (Fsp3) is 0.200. The molecular formula is C10H12N2S7. The molecule has 0 radical (unpaired) electrons. The summed E-state index contributed by atoms with van der Waals surface area (Å²) in [4.78, 5) is 3.22. The lowest BCUT2D eigenvalue weighted by molar-refractivity contribution is 0.976. The van der Waals surface area contributed by atoms with Crippen molar-refractivity contribution < 1.29 is 0 Å². The standard InChI is InChI=1S/C10H12N2.S7/c11-6-5-8-7-12-10-4-2-1-3-9(8)10;1-3-5-7-6-4-2/h1-4,7,12H,5-6,11H2;. The summed E-state index contributed by atoms with van der Waals surface area (Å²) >= 11 is 9.14. The SMILES string of the molecule is NCCc1c[nH]c2ccccc12.S=S=S=S=S=S=S. The molecule has 1 aromatic carbocycles. The molecular weight excluding hydrogens is 373 g/mol. The van der Waals surface area contributed by atoms with E-state index in [0.717, 1.165) is 6.42 Å². The Balaban J connectivity index is 0.000000224. The number of hydrogen-bond donors (Lipinski definition) is 2. The smallest absolute Gasteiger partial charge is 0.0456 e. The van der Waals surface area contributed by atoms with E-state index in [0.29, 0.717) is 6.54 Å². The maximum Gasteiger partial charge on any atom is 0.0456 e. The molecule has 19 heavy (non-hydrogen) atoms. The lowest BCUT2D eigenvalue weighted by Gasteiger charge is -1.93. The number of H-pyrrole nitrogens is 1. The molecule has 0 aliphatic rings. The summed E-state index contributed by atoms with van der Waals surface area (Å²) < 4.78 is 0. The van der Waals surface area contributed by atoms with Gasteiger partial charge in [0.15, 0.2) is 0 Å². The Morgan fingerprint density at radius 1 is 1.05 bits per heavy atom. The van der Waals surface area contributed by atoms with Crippen LogP contribution in [0, 0.1) is 0 Å². The number of nitrogens with one attached hydrogen (secondary N) is 1. The van der Waals surface area contributed by atoms with Gasteiger partial charge in [0.25, 0.3) is 0 Å². The van der Waals surface area contributed by atoms with Gasteiger partial charge in [-0.05, 0) is 24.6 Å². The van der Waals surface area contributed by atoms with Crippen LogP contribution in [0.15, 0.2) is 30.5 Å². The highest BCUT2D eigenvalue weighted by atomic mass is 33.4. The minimum Gasteiger partial charge on any atom is -0.361 e. The van der Waals surface area contributed by atoms with Crippen LogP contribution in [0.5, 0.6) is 0 Å². The van der Waals surface area contributed by atoms with Gasteiger partial charge in [-0.2, -0.15) is 0 Å². The molecule has 0 aliphatic heterocycles. The van der Waals surface area contributed by atoms with Crippen LogP contribution in [-0.2, 0) is 73.2 Å². The Hall–Kier alpha value is 0.260. The predicted octanol–water partition coefficient (Wildman–Crippen LogP) is 1.65. The van der Waals surface area contributed by atoms with E-state index in [4.69, 9.17) is 5.73 Å². The molecule has 2 rings (SSSR count). The van der Waals surface area contributed by atoms with E-state index in [1.165, 1.54) is 34.2 Å². The zero-order valence-electron chi connectivity index (χ0n) is 9.74. The maximum absolute atomic E-state index is 5.50. The second kappa shape index (κ2) is 11.0. The number of fused-ring (bicyclic) bond motifs is 1. The average molecular weight is 385 g/mol. The van der Waals surface area contributed by atoms with Crippen molar-refractivity contribution in [1.29, 1.82) is 0 Å². The molecule has 104 valence electrons. The van der Waals surface area contributed by atoms with Gasteiger partial charge in [-0.1, -0.05) is 18.2 Å². The van der Waals surface area contributed by atoms with Crippen LogP contribution in [0.4, 0.5) is 0 Å². The van der Waals surface area contributed by atoms with E-state index in [-0.39, 0.29) is 0 Å². The van der Waals surface area contributed by atoms with E-state index in [1.54, 1.807) is 26.6 Å². The summed E-state index contributed by atoms with van der Waals surface area (Å²) in [5, 5.41) is 1.29. The zero-order valence-corrected chi connectivity index (χ0v) is 15.5. The van der Waals surface area contributed by atoms with Crippen molar-refractivity contribution in [2.75, 3.05) is 6.54 Å². The third-order valence-electron chi connectivity index (χ3n) is 2.20. The molecule has 0 saturated heterocycles. The van der Waals surface area contributed by atoms with Crippen molar-refractivity contribution in [3.05, 3.63) is 36.0 Å². The molecule has 2 aromatic rings. The molecule has 0 bridgehead atoms. The van der Waals surface area contributed by atoms with Crippen molar-refractivity contribution in [2.24, 2.45) is 5.73 Å². The Morgan fingerprint density at radius 2 is 1.74 bits per heavy atom. The molecule has 0 spiro atoms. The summed E-state index contributed by atoms with van der Waals surface area (Å²) in [6, 6.07) is 8.29. The molecule has 9 heteroatoms. The Morgan fingerprint density at radius 3 is 2.37 bits per heavy atom. The van der Waals surface area contributed by atoms with Gasteiger partial charge in [0, 0.05) is 83.9 Å². The van der Waals surface area contributed by atoms with Crippen molar-refractivity contribution in [3.63, 3.8) is 0 Å². The molecule has 0 atom stereocenters. The largest absolute Gasteiger partial charge is 0.361 e. The lowest BCUT2D eigenvalue weighted by Crippen LogP contribution is -2.01. The highest BCUT2D eigenvalue weighted by Gasteiger charge is 1.99. The second-order valence-corrected chi connectivity index (χ2v) is 12.1. The molecule has 1 aromatic heterocycles. The highest BCUT2D eigenvalue weighted by Crippen LogP contribution is 2.17. The molecule has 0 fully saturated rings. The van der Waals surface area contributed by atoms with Crippen LogP contribution in [0.25, 0.3) is 10.9 Å². The van der Waals surface area contributed by atoms with Crippen molar-refractivity contribution in [1.82, 2.24) is 4.98 Å². The number of para-hydroxylation sites is 1. The normalized spacial score (nSPS) is 9.11. The summed E-state index contributed by atoms with van der Waals surface area (Å²) in [7, 11) is 7.36. The number of benzene rings is 1. The minimum absolute atomic E-state index is 0.710. The monoisotopic (exact) mass is 384 g/mol. The number of aromatic amines is 1. The quantitative estimate of drug-likeness (QED) is 0.827. The Labute approximate surface area is 136 Å². The topological polar surface area (TPSA) is 41.8 Å². The van der Waals surface area contributed by atoms with Crippen LogP contribution < -0.4 is 5.73 Å². The van der Waals surface area contributed by atoms with E-state index in [2.05, 4.69) is 45.6 Å². The van der Waals surface area contributed by atoms with E-state index in [1.807, 2.05) is 12.3 Å². The van der Waals surface area contributed by atoms with Crippen LogP contribution in [0.3, 0.4) is 0 Å². The molecule has 3 N–H and O–H groups in total. The summed E-state index contributed by atoms with van der Waals surface area (Å²) in [5.41, 5.74) is 8.01. The van der Waals surface area contributed by atoms with Gasteiger partial charge in [0.1, 0.15) is 0 Å². The molecule has 1 heterocycles.